The molecular weight excluding hydrogens is 353 g/mol. The van der Waals surface area contributed by atoms with Crippen molar-refractivity contribution in [2.75, 3.05) is 13.2 Å². The Kier molecular flexibility index (Phi) is 4.53. The quantitative estimate of drug-likeness (QED) is 0.817. The zero-order valence-electron chi connectivity index (χ0n) is 14.4. The number of carbonyl (C=O) groups excluding carboxylic acids is 2. The Morgan fingerprint density at radius 3 is 2.67 bits per heavy atom. The molecule has 27 heavy (non-hydrogen) atoms. The molecule has 0 bridgehead atoms. The number of aliphatic hydroxyl groups excluding tert-OH is 1. The average Bonchev–Trinajstić information content (AvgIpc) is 3.41. The van der Waals surface area contributed by atoms with Gasteiger partial charge in [-0.3, -0.25) is 9.59 Å². The molecule has 0 spiro atoms. The number of amides is 1. The molecule has 1 aromatic heterocycles. The molecule has 1 saturated heterocycles. The Morgan fingerprint density at radius 2 is 2.04 bits per heavy atom. The number of hydrogen-bond acceptors (Lipinski definition) is 5. The Labute approximate surface area is 154 Å². The average molecular weight is 371 g/mol. The summed E-state index contributed by atoms with van der Waals surface area (Å²) in [4.78, 5) is 27.0. The lowest BCUT2D eigenvalue weighted by atomic mass is 9.95. The highest BCUT2D eigenvalue weighted by Crippen LogP contribution is 2.39. The van der Waals surface area contributed by atoms with E-state index < -0.39 is 29.3 Å². The number of ether oxygens (including phenoxy) is 1. The number of furan rings is 1. The summed E-state index contributed by atoms with van der Waals surface area (Å²) in [5.74, 6) is -2.23. The second-order valence-corrected chi connectivity index (χ2v) is 6.62. The molecule has 1 fully saturated rings. The third kappa shape index (κ3) is 3.14. The number of nitrogens with zero attached hydrogens (tertiary/aromatic N) is 1. The first-order chi connectivity index (χ1) is 13.1. The topological polar surface area (TPSA) is 80.0 Å². The van der Waals surface area contributed by atoms with Crippen LogP contribution >= 0.6 is 0 Å². The maximum atomic E-state index is 13.4. The van der Waals surface area contributed by atoms with Crippen LogP contribution in [0.15, 0.2) is 58.4 Å². The smallest absolute Gasteiger partial charge is 0.290 e. The first-order valence-electron chi connectivity index (χ1n) is 8.75. The molecular formula is C20H18FNO5. The normalized spacial score (nSPS) is 22.7. The van der Waals surface area contributed by atoms with Crippen LogP contribution in [0.5, 0.6) is 0 Å². The van der Waals surface area contributed by atoms with Gasteiger partial charge in [0.05, 0.1) is 24.0 Å². The highest BCUT2D eigenvalue weighted by atomic mass is 19.1. The van der Waals surface area contributed by atoms with E-state index in [2.05, 4.69) is 0 Å². The van der Waals surface area contributed by atoms with Crippen molar-refractivity contribution in [3.63, 3.8) is 0 Å². The highest BCUT2D eigenvalue weighted by molar-refractivity contribution is 6.15. The number of carbonyl (C=O) groups is 2. The Balaban J connectivity index is 1.75. The molecule has 7 heteroatoms. The van der Waals surface area contributed by atoms with Crippen molar-refractivity contribution < 1.29 is 28.2 Å². The third-order valence-electron chi connectivity index (χ3n) is 4.90. The molecule has 2 aliphatic heterocycles. The second kappa shape index (κ2) is 7.00. The van der Waals surface area contributed by atoms with Crippen LogP contribution in [0.2, 0.25) is 0 Å². The van der Waals surface area contributed by atoms with Crippen LogP contribution in [0, 0.1) is 5.82 Å². The van der Waals surface area contributed by atoms with Gasteiger partial charge in [-0.25, -0.2) is 4.39 Å². The zero-order valence-corrected chi connectivity index (χ0v) is 14.4. The summed E-state index contributed by atoms with van der Waals surface area (Å²) in [6, 6.07) is 7.71. The zero-order chi connectivity index (χ0) is 19.0. The van der Waals surface area contributed by atoms with E-state index in [-0.39, 0.29) is 24.0 Å². The minimum absolute atomic E-state index is 0.0235. The highest BCUT2D eigenvalue weighted by Gasteiger charge is 2.45. The van der Waals surface area contributed by atoms with Crippen LogP contribution in [0.3, 0.4) is 0 Å². The number of halogens is 1. The summed E-state index contributed by atoms with van der Waals surface area (Å²) in [6.07, 6.45) is 2.87. The lowest BCUT2D eigenvalue weighted by Crippen LogP contribution is -2.37. The SMILES string of the molecule is O=C(C1=C(O)C(=O)N(C[C@H]2CCCO2)[C@@H]1c1ccc(F)cc1)c1ccco1. The van der Waals surface area contributed by atoms with Gasteiger partial charge in [0.2, 0.25) is 5.78 Å². The molecule has 2 atom stereocenters. The number of Topliss-reactive ketones (excluding diaryl/α,β-unsaturated/α-hetero) is 1. The maximum Gasteiger partial charge on any atom is 0.290 e. The molecule has 0 aliphatic carbocycles. The van der Waals surface area contributed by atoms with Crippen LogP contribution in [0.4, 0.5) is 4.39 Å². The molecule has 3 heterocycles. The maximum absolute atomic E-state index is 13.4. The molecule has 1 amide bonds. The van der Waals surface area contributed by atoms with Gasteiger partial charge in [0, 0.05) is 13.2 Å². The van der Waals surface area contributed by atoms with Gasteiger partial charge in [-0.05, 0) is 42.7 Å². The van der Waals surface area contributed by atoms with Crippen molar-refractivity contribution in [2.24, 2.45) is 0 Å². The molecule has 1 aromatic carbocycles. The number of benzene rings is 1. The Morgan fingerprint density at radius 1 is 1.26 bits per heavy atom. The van der Waals surface area contributed by atoms with Gasteiger partial charge in [-0.15, -0.1) is 0 Å². The lowest BCUT2D eigenvalue weighted by Gasteiger charge is -2.28. The van der Waals surface area contributed by atoms with Gasteiger partial charge in [-0.1, -0.05) is 12.1 Å². The summed E-state index contributed by atoms with van der Waals surface area (Å²) >= 11 is 0. The lowest BCUT2D eigenvalue weighted by molar-refractivity contribution is -0.131. The summed E-state index contributed by atoms with van der Waals surface area (Å²) in [6.45, 7) is 0.853. The summed E-state index contributed by atoms with van der Waals surface area (Å²) in [5.41, 5.74) is 0.459. The fourth-order valence-corrected chi connectivity index (χ4v) is 3.61. The van der Waals surface area contributed by atoms with Crippen molar-refractivity contribution in [3.8, 4) is 0 Å². The summed E-state index contributed by atoms with van der Waals surface area (Å²) in [5, 5.41) is 10.5. The third-order valence-corrected chi connectivity index (χ3v) is 4.90. The fourth-order valence-electron chi connectivity index (χ4n) is 3.61. The van der Waals surface area contributed by atoms with Crippen molar-refractivity contribution in [1.29, 1.82) is 0 Å². The predicted molar refractivity (Wildman–Crippen MR) is 92.5 cm³/mol. The van der Waals surface area contributed by atoms with Gasteiger partial charge in [0.25, 0.3) is 5.91 Å². The standard InChI is InChI=1S/C20H18FNO5/c21-13-7-5-12(6-8-13)17-16(18(23)15-4-2-10-27-15)19(24)20(25)22(17)11-14-3-1-9-26-14/h2,4-8,10,14,17,24H,1,3,9,11H2/t14-,17-/m1/s1. The van der Waals surface area contributed by atoms with Crippen molar-refractivity contribution >= 4 is 11.7 Å². The minimum Gasteiger partial charge on any atom is -0.503 e. The fraction of sp³-hybridized carbons (Fsp3) is 0.300. The van der Waals surface area contributed by atoms with E-state index in [1.807, 2.05) is 0 Å². The number of aliphatic hydroxyl groups is 1. The first-order valence-corrected chi connectivity index (χ1v) is 8.75. The molecule has 0 saturated carbocycles. The van der Waals surface area contributed by atoms with Crippen LogP contribution < -0.4 is 0 Å². The molecule has 140 valence electrons. The number of ketones is 1. The molecule has 2 aliphatic rings. The molecule has 0 radical (unpaired) electrons. The van der Waals surface area contributed by atoms with Crippen molar-refractivity contribution in [1.82, 2.24) is 4.90 Å². The van der Waals surface area contributed by atoms with E-state index in [9.17, 15) is 19.1 Å². The van der Waals surface area contributed by atoms with Gasteiger partial charge in [0.15, 0.2) is 11.5 Å². The molecule has 6 nitrogen and oxygen atoms in total. The van der Waals surface area contributed by atoms with Crippen molar-refractivity contribution in [3.05, 3.63) is 71.1 Å². The molecule has 1 N–H and O–H groups in total. The van der Waals surface area contributed by atoms with E-state index in [4.69, 9.17) is 9.15 Å². The van der Waals surface area contributed by atoms with Crippen LogP contribution in [-0.4, -0.2) is 41.0 Å². The largest absolute Gasteiger partial charge is 0.503 e. The Hall–Kier alpha value is -2.93. The van der Waals surface area contributed by atoms with Gasteiger partial charge < -0.3 is 19.2 Å². The van der Waals surface area contributed by atoms with Crippen molar-refractivity contribution in [2.45, 2.75) is 25.0 Å². The Bertz CT molecular complexity index is 882. The number of rotatable bonds is 5. The monoisotopic (exact) mass is 371 g/mol. The van der Waals surface area contributed by atoms with Crippen LogP contribution in [0.1, 0.15) is 35.0 Å². The van der Waals surface area contributed by atoms with Gasteiger partial charge >= 0.3 is 0 Å². The van der Waals surface area contributed by atoms with E-state index in [1.54, 1.807) is 6.07 Å². The van der Waals surface area contributed by atoms with Crippen LogP contribution in [-0.2, 0) is 9.53 Å². The van der Waals surface area contributed by atoms with Crippen LogP contribution in [0.25, 0.3) is 0 Å². The van der Waals surface area contributed by atoms with E-state index in [0.717, 1.165) is 12.8 Å². The van der Waals surface area contributed by atoms with E-state index in [1.165, 1.54) is 41.5 Å². The molecule has 2 aromatic rings. The van der Waals surface area contributed by atoms with E-state index >= 15 is 0 Å². The van der Waals surface area contributed by atoms with Gasteiger partial charge in [0.1, 0.15) is 5.82 Å². The molecule has 0 unspecified atom stereocenters. The first kappa shape index (κ1) is 17.5. The number of hydrogen-bond donors (Lipinski definition) is 1. The van der Waals surface area contributed by atoms with E-state index in [0.29, 0.717) is 12.2 Å². The minimum atomic E-state index is -0.833. The summed E-state index contributed by atoms with van der Waals surface area (Å²) in [7, 11) is 0. The summed E-state index contributed by atoms with van der Waals surface area (Å²) < 4.78 is 24.2. The predicted octanol–water partition coefficient (Wildman–Crippen LogP) is 3.18. The van der Waals surface area contributed by atoms with Gasteiger partial charge in [-0.2, -0.15) is 0 Å². The molecule has 4 rings (SSSR count). The second-order valence-electron chi connectivity index (χ2n) is 6.62.